The molecule has 278 valence electrons. The minimum Gasteiger partial charge on any atom is -0.309 e. The van der Waals surface area contributed by atoms with Crippen molar-refractivity contribution in [3.63, 3.8) is 0 Å². The fraction of sp³-hybridized carbons (Fsp3) is 0.273. The highest BCUT2D eigenvalue weighted by Crippen LogP contribution is 2.52. The molecule has 56 heavy (non-hydrogen) atoms. The quantitative estimate of drug-likeness (QED) is 0.158. The molecular weight excluding hydrogens is 675 g/mol. The SMILES string of the molecule is CC1(C)c2ccccc2-c2ccc(-c3ccc4ccccc4c3N(c3ccc(-c4ccc(C5CCCCC5)cc4)cc3)c3ccc(C4CCCCC4)cc3)cc21. The molecule has 1 nitrogen and oxygen atoms in total. The summed E-state index contributed by atoms with van der Waals surface area (Å²) in [5.41, 5.74) is 17.1. The lowest BCUT2D eigenvalue weighted by Crippen LogP contribution is -2.15. The molecular formula is C55H53N. The molecule has 10 rings (SSSR count). The Hall–Kier alpha value is -5.40. The third-order valence-electron chi connectivity index (χ3n) is 13.7. The third kappa shape index (κ3) is 6.26. The van der Waals surface area contributed by atoms with E-state index >= 15 is 0 Å². The second kappa shape index (κ2) is 14.6. The third-order valence-corrected chi connectivity index (χ3v) is 13.7. The molecule has 0 saturated heterocycles. The van der Waals surface area contributed by atoms with Gasteiger partial charge in [-0.25, -0.2) is 0 Å². The summed E-state index contributed by atoms with van der Waals surface area (Å²) in [4.78, 5) is 2.53. The van der Waals surface area contributed by atoms with Crippen LogP contribution in [0, 0.1) is 0 Å². The lowest BCUT2D eigenvalue weighted by Gasteiger charge is -2.30. The Bertz CT molecular complexity index is 2490. The highest BCUT2D eigenvalue weighted by Gasteiger charge is 2.35. The predicted molar refractivity (Wildman–Crippen MR) is 239 cm³/mol. The number of rotatable bonds is 7. The molecule has 3 aliphatic rings. The van der Waals surface area contributed by atoms with Gasteiger partial charge in [-0.3, -0.25) is 0 Å². The van der Waals surface area contributed by atoms with Crippen LogP contribution in [0.2, 0.25) is 0 Å². The number of anilines is 3. The van der Waals surface area contributed by atoms with Crippen LogP contribution >= 0.6 is 0 Å². The Morgan fingerprint density at radius 1 is 0.429 bits per heavy atom. The molecule has 0 heterocycles. The number of benzene rings is 7. The Morgan fingerprint density at radius 2 is 0.929 bits per heavy atom. The highest BCUT2D eigenvalue weighted by molar-refractivity contribution is 6.06. The second-order valence-electron chi connectivity index (χ2n) is 17.4. The van der Waals surface area contributed by atoms with Gasteiger partial charge >= 0.3 is 0 Å². The molecule has 2 saturated carbocycles. The van der Waals surface area contributed by atoms with E-state index in [1.807, 2.05) is 0 Å². The van der Waals surface area contributed by atoms with Crippen LogP contribution in [0.1, 0.15) is 112 Å². The van der Waals surface area contributed by atoms with Crippen LogP contribution in [0.15, 0.2) is 152 Å². The van der Waals surface area contributed by atoms with Crippen molar-refractivity contribution in [2.75, 3.05) is 4.90 Å². The van der Waals surface area contributed by atoms with Gasteiger partial charge < -0.3 is 4.90 Å². The van der Waals surface area contributed by atoms with E-state index in [9.17, 15) is 0 Å². The van der Waals surface area contributed by atoms with Gasteiger partial charge in [0.15, 0.2) is 0 Å². The smallest absolute Gasteiger partial charge is 0.0618 e. The van der Waals surface area contributed by atoms with Gasteiger partial charge in [-0.05, 0) is 123 Å². The van der Waals surface area contributed by atoms with Gasteiger partial charge in [-0.15, -0.1) is 0 Å². The summed E-state index contributed by atoms with van der Waals surface area (Å²) in [6, 6.07) is 58.2. The molecule has 0 atom stereocenters. The molecule has 0 spiro atoms. The molecule has 3 aliphatic carbocycles. The van der Waals surface area contributed by atoms with Gasteiger partial charge in [0.05, 0.1) is 5.69 Å². The van der Waals surface area contributed by atoms with Crippen LogP contribution in [-0.2, 0) is 5.41 Å². The van der Waals surface area contributed by atoms with Crippen molar-refractivity contribution in [2.24, 2.45) is 0 Å². The average molecular weight is 728 g/mol. The first-order valence-electron chi connectivity index (χ1n) is 21.4. The molecule has 7 aromatic carbocycles. The number of fused-ring (bicyclic) bond motifs is 4. The van der Waals surface area contributed by atoms with E-state index in [0.29, 0.717) is 5.92 Å². The number of hydrogen-bond donors (Lipinski definition) is 0. The van der Waals surface area contributed by atoms with E-state index in [2.05, 4.69) is 170 Å². The van der Waals surface area contributed by atoms with Gasteiger partial charge in [-0.1, -0.05) is 174 Å². The van der Waals surface area contributed by atoms with Gasteiger partial charge in [0, 0.05) is 27.7 Å². The van der Waals surface area contributed by atoms with Crippen molar-refractivity contribution in [2.45, 2.75) is 95.3 Å². The van der Waals surface area contributed by atoms with Crippen molar-refractivity contribution < 1.29 is 0 Å². The van der Waals surface area contributed by atoms with E-state index in [1.54, 1.807) is 0 Å². The Kier molecular flexibility index (Phi) is 9.13. The molecule has 2 fully saturated rings. The first-order chi connectivity index (χ1) is 27.5. The van der Waals surface area contributed by atoms with Crippen molar-refractivity contribution >= 4 is 27.8 Å². The maximum Gasteiger partial charge on any atom is 0.0618 e. The van der Waals surface area contributed by atoms with E-state index in [0.717, 1.165) is 5.92 Å². The summed E-state index contributed by atoms with van der Waals surface area (Å²) in [6.07, 6.45) is 13.5. The minimum atomic E-state index is -0.0714. The fourth-order valence-corrected chi connectivity index (χ4v) is 10.5. The molecule has 0 amide bonds. The monoisotopic (exact) mass is 727 g/mol. The maximum absolute atomic E-state index is 2.53. The molecule has 0 unspecified atom stereocenters. The molecule has 0 radical (unpaired) electrons. The average Bonchev–Trinajstić information content (AvgIpc) is 3.50. The Labute approximate surface area is 334 Å². The Morgan fingerprint density at radius 3 is 1.59 bits per heavy atom. The summed E-state index contributed by atoms with van der Waals surface area (Å²) in [5.74, 6) is 1.39. The normalized spacial score (nSPS) is 16.8. The summed E-state index contributed by atoms with van der Waals surface area (Å²) < 4.78 is 0. The largest absolute Gasteiger partial charge is 0.309 e. The van der Waals surface area contributed by atoms with Crippen molar-refractivity contribution in [1.82, 2.24) is 0 Å². The van der Waals surface area contributed by atoms with Gasteiger partial charge in [-0.2, -0.15) is 0 Å². The van der Waals surface area contributed by atoms with Crippen LogP contribution in [0.5, 0.6) is 0 Å². The van der Waals surface area contributed by atoms with Crippen LogP contribution in [0.25, 0.3) is 44.2 Å². The zero-order valence-electron chi connectivity index (χ0n) is 33.1. The summed E-state index contributed by atoms with van der Waals surface area (Å²) in [5, 5.41) is 2.51. The van der Waals surface area contributed by atoms with Crippen LogP contribution in [0.4, 0.5) is 17.1 Å². The first-order valence-corrected chi connectivity index (χ1v) is 21.4. The zero-order chi connectivity index (χ0) is 37.6. The molecule has 0 N–H and O–H groups in total. The second-order valence-corrected chi connectivity index (χ2v) is 17.4. The zero-order valence-corrected chi connectivity index (χ0v) is 33.1. The van der Waals surface area contributed by atoms with Crippen LogP contribution in [0.3, 0.4) is 0 Å². The molecule has 1 heteroatoms. The molecule has 7 aromatic rings. The lowest BCUT2D eigenvalue weighted by atomic mass is 9.81. The maximum atomic E-state index is 2.53. The minimum absolute atomic E-state index is 0.0714. The van der Waals surface area contributed by atoms with E-state index in [4.69, 9.17) is 0 Å². The van der Waals surface area contributed by atoms with E-state index < -0.39 is 0 Å². The Balaban J connectivity index is 1.10. The molecule has 0 bridgehead atoms. The summed E-state index contributed by atoms with van der Waals surface area (Å²) in [6.45, 7) is 4.77. The predicted octanol–water partition coefficient (Wildman–Crippen LogP) is 16.0. The van der Waals surface area contributed by atoms with E-state index in [-0.39, 0.29) is 5.41 Å². The summed E-state index contributed by atoms with van der Waals surface area (Å²) in [7, 11) is 0. The topological polar surface area (TPSA) is 3.24 Å². The van der Waals surface area contributed by atoms with Gasteiger partial charge in [0.25, 0.3) is 0 Å². The van der Waals surface area contributed by atoms with Crippen LogP contribution < -0.4 is 4.90 Å². The number of hydrogen-bond acceptors (Lipinski definition) is 1. The fourth-order valence-electron chi connectivity index (χ4n) is 10.5. The van der Waals surface area contributed by atoms with E-state index in [1.165, 1.54) is 148 Å². The van der Waals surface area contributed by atoms with Gasteiger partial charge in [0.2, 0.25) is 0 Å². The van der Waals surface area contributed by atoms with Crippen molar-refractivity contribution in [1.29, 1.82) is 0 Å². The van der Waals surface area contributed by atoms with Crippen LogP contribution in [-0.4, -0.2) is 0 Å². The standard InChI is InChI=1S/C55H53N/c1-55(2)52-20-12-11-19-50(52)51-36-30-45(37-53(51)55)49-35-29-44-17-9-10-18-48(44)54(49)56(46-31-25-42(26-32-46)39-15-7-4-8-16-39)47-33-27-43(28-34-47)41-23-21-40(22-24-41)38-13-5-3-6-14-38/h9-12,17-39H,3-8,13-16H2,1-2H3. The van der Waals surface area contributed by atoms with Gasteiger partial charge in [0.1, 0.15) is 0 Å². The highest BCUT2D eigenvalue weighted by atomic mass is 15.1. The molecule has 0 aliphatic heterocycles. The van der Waals surface area contributed by atoms with Crippen molar-refractivity contribution in [3.8, 4) is 33.4 Å². The first kappa shape index (κ1) is 35.0. The number of nitrogens with zero attached hydrogens (tertiary/aromatic N) is 1. The lowest BCUT2D eigenvalue weighted by molar-refractivity contribution is 0.443. The van der Waals surface area contributed by atoms with Crippen molar-refractivity contribution in [3.05, 3.63) is 174 Å². The molecule has 0 aromatic heterocycles. The summed E-state index contributed by atoms with van der Waals surface area (Å²) >= 11 is 0.